The van der Waals surface area contributed by atoms with Crippen LogP contribution in [0.1, 0.15) is 37.0 Å². The summed E-state index contributed by atoms with van der Waals surface area (Å²) in [7, 11) is 0. The zero-order valence-corrected chi connectivity index (χ0v) is 16.8. The molecule has 2 atom stereocenters. The van der Waals surface area contributed by atoms with Crippen LogP contribution in [-0.4, -0.2) is 67.1 Å². The normalized spacial score (nSPS) is 22.7. The second-order valence-electron chi connectivity index (χ2n) is 7.01. The van der Waals surface area contributed by atoms with Crippen LogP contribution in [0.3, 0.4) is 0 Å². The summed E-state index contributed by atoms with van der Waals surface area (Å²) in [5.74, 6) is 0.933. The summed E-state index contributed by atoms with van der Waals surface area (Å²) < 4.78 is 4.98. The van der Waals surface area contributed by atoms with Crippen molar-refractivity contribution in [3.63, 3.8) is 0 Å². The number of esters is 1. The Labute approximate surface area is 166 Å². The number of anilines is 1. The summed E-state index contributed by atoms with van der Waals surface area (Å²) >= 11 is 0. The molecule has 0 saturated carbocycles. The number of piperazine rings is 1. The van der Waals surface area contributed by atoms with Gasteiger partial charge in [-0.2, -0.15) is 0 Å². The number of carbonyl (C=O) groups excluding carboxylic acids is 2. The van der Waals surface area contributed by atoms with Gasteiger partial charge in [-0.3, -0.25) is 4.79 Å². The highest BCUT2D eigenvalue weighted by Gasteiger charge is 2.30. The Morgan fingerprint density at radius 3 is 2.59 bits per heavy atom. The van der Waals surface area contributed by atoms with Crippen LogP contribution in [0.2, 0.25) is 0 Å². The third-order valence-electron chi connectivity index (χ3n) is 5.15. The molecule has 0 radical (unpaired) electrons. The summed E-state index contributed by atoms with van der Waals surface area (Å²) in [6.45, 7) is 8.17. The predicted octanol–water partition coefficient (Wildman–Crippen LogP) is 1.72. The lowest BCUT2D eigenvalue weighted by atomic mass is 9.92. The molecule has 1 N–H and O–H groups in total. The van der Waals surface area contributed by atoms with Gasteiger partial charge in [0.2, 0.25) is 5.91 Å². The van der Waals surface area contributed by atoms with E-state index < -0.39 is 0 Å². The Kier molecular flexibility index (Phi) is 7.86. The molecule has 2 fully saturated rings. The predicted molar refractivity (Wildman–Crippen MR) is 106 cm³/mol. The van der Waals surface area contributed by atoms with E-state index in [0.717, 1.165) is 51.4 Å². The van der Waals surface area contributed by atoms with Crippen LogP contribution < -0.4 is 10.2 Å². The summed E-state index contributed by atoms with van der Waals surface area (Å²) in [5, 5.41) is 3.40. The molecule has 3 heterocycles. The van der Waals surface area contributed by atoms with Gasteiger partial charge in [0.05, 0.1) is 12.2 Å². The summed E-state index contributed by atoms with van der Waals surface area (Å²) in [5.41, 5.74) is 0.462. The Balaban J connectivity index is 0.00000261. The fraction of sp³-hybridized carbons (Fsp3) is 0.632. The van der Waals surface area contributed by atoms with Crippen molar-refractivity contribution in [1.82, 2.24) is 15.2 Å². The van der Waals surface area contributed by atoms with Gasteiger partial charge >= 0.3 is 5.97 Å². The molecule has 2 saturated heterocycles. The first-order valence-corrected chi connectivity index (χ1v) is 9.48. The lowest BCUT2D eigenvalue weighted by molar-refractivity contribution is -0.137. The number of ether oxygens (including phenoxy) is 1. The lowest BCUT2D eigenvalue weighted by Crippen LogP contribution is -2.52. The highest BCUT2D eigenvalue weighted by Crippen LogP contribution is 2.21. The van der Waals surface area contributed by atoms with Crippen LogP contribution in [0, 0.1) is 5.92 Å². The van der Waals surface area contributed by atoms with Gasteiger partial charge in [0.15, 0.2) is 0 Å². The van der Waals surface area contributed by atoms with E-state index >= 15 is 0 Å². The van der Waals surface area contributed by atoms with Gasteiger partial charge < -0.3 is 19.9 Å². The molecule has 0 aliphatic carbocycles. The minimum Gasteiger partial charge on any atom is -0.462 e. The van der Waals surface area contributed by atoms with Crippen LogP contribution in [-0.2, 0) is 9.53 Å². The monoisotopic (exact) mass is 396 g/mol. The van der Waals surface area contributed by atoms with Gasteiger partial charge in [-0.05, 0) is 45.4 Å². The third-order valence-corrected chi connectivity index (χ3v) is 5.15. The average Bonchev–Trinajstić information content (AvgIpc) is 2.68. The number of nitrogens with zero attached hydrogens (tertiary/aromatic N) is 3. The van der Waals surface area contributed by atoms with Gasteiger partial charge in [-0.15, -0.1) is 12.4 Å². The number of halogens is 1. The van der Waals surface area contributed by atoms with Crippen molar-refractivity contribution in [3.05, 3.63) is 23.9 Å². The van der Waals surface area contributed by atoms with E-state index in [1.807, 2.05) is 11.0 Å². The molecular formula is C19H29ClN4O3. The first-order chi connectivity index (χ1) is 12.6. The molecule has 27 heavy (non-hydrogen) atoms. The molecule has 0 bridgehead atoms. The van der Waals surface area contributed by atoms with E-state index in [2.05, 4.69) is 22.1 Å². The molecular weight excluding hydrogens is 368 g/mol. The van der Waals surface area contributed by atoms with E-state index in [0.29, 0.717) is 24.1 Å². The van der Waals surface area contributed by atoms with Gasteiger partial charge in [-0.1, -0.05) is 0 Å². The Morgan fingerprint density at radius 1 is 1.26 bits per heavy atom. The van der Waals surface area contributed by atoms with Crippen molar-refractivity contribution < 1.29 is 14.3 Å². The molecule has 1 aromatic rings. The van der Waals surface area contributed by atoms with E-state index in [1.165, 1.54) is 0 Å². The number of pyridine rings is 1. The van der Waals surface area contributed by atoms with Crippen LogP contribution in [0.15, 0.2) is 18.3 Å². The maximum atomic E-state index is 12.7. The fourth-order valence-electron chi connectivity index (χ4n) is 3.68. The molecule has 2 aliphatic heterocycles. The van der Waals surface area contributed by atoms with Crippen molar-refractivity contribution in [2.24, 2.45) is 5.92 Å². The number of amides is 1. The van der Waals surface area contributed by atoms with Gasteiger partial charge in [0.25, 0.3) is 0 Å². The van der Waals surface area contributed by atoms with Crippen molar-refractivity contribution in [2.45, 2.75) is 32.7 Å². The van der Waals surface area contributed by atoms with Crippen LogP contribution in [0.25, 0.3) is 0 Å². The van der Waals surface area contributed by atoms with Crippen molar-refractivity contribution >= 4 is 30.1 Å². The first kappa shape index (κ1) is 21.4. The van der Waals surface area contributed by atoms with Crippen molar-refractivity contribution in [2.75, 3.05) is 44.2 Å². The molecule has 0 aromatic carbocycles. The molecule has 3 rings (SSSR count). The third kappa shape index (κ3) is 5.32. The average molecular weight is 397 g/mol. The molecule has 0 spiro atoms. The maximum Gasteiger partial charge on any atom is 0.339 e. The Hall–Kier alpha value is -1.86. The summed E-state index contributed by atoms with van der Waals surface area (Å²) in [6.07, 6.45) is 3.41. The highest BCUT2D eigenvalue weighted by atomic mass is 35.5. The highest BCUT2D eigenvalue weighted by molar-refractivity contribution is 5.89. The van der Waals surface area contributed by atoms with Crippen LogP contribution in [0.4, 0.5) is 5.82 Å². The van der Waals surface area contributed by atoms with Gasteiger partial charge in [-0.25, -0.2) is 9.78 Å². The topological polar surface area (TPSA) is 74.8 Å². The molecule has 7 nitrogen and oxygen atoms in total. The summed E-state index contributed by atoms with van der Waals surface area (Å²) in [4.78, 5) is 33.0. The summed E-state index contributed by atoms with van der Waals surface area (Å²) in [6, 6.07) is 4.01. The van der Waals surface area contributed by atoms with Crippen molar-refractivity contribution in [1.29, 1.82) is 0 Å². The number of hydrogen-bond donors (Lipinski definition) is 1. The van der Waals surface area contributed by atoms with Crippen molar-refractivity contribution in [3.8, 4) is 0 Å². The quantitative estimate of drug-likeness (QED) is 0.781. The van der Waals surface area contributed by atoms with Gasteiger partial charge in [0, 0.05) is 44.3 Å². The van der Waals surface area contributed by atoms with Crippen LogP contribution in [0.5, 0.6) is 0 Å². The second-order valence-corrected chi connectivity index (χ2v) is 7.01. The Bertz CT molecular complexity index is 632. The molecule has 1 amide bonds. The maximum absolute atomic E-state index is 12.7. The number of piperidine rings is 1. The first-order valence-electron chi connectivity index (χ1n) is 9.48. The molecule has 0 unspecified atom stereocenters. The van der Waals surface area contributed by atoms with E-state index in [9.17, 15) is 9.59 Å². The number of nitrogens with one attached hydrogen (secondary N) is 1. The molecule has 150 valence electrons. The minimum absolute atomic E-state index is 0. The number of rotatable bonds is 4. The Morgan fingerprint density at radius 2 is 2.00 bits per heavy atom. The number of carbonyl (C=O) groups is 2. The smallest absolute Gasteiger partial charge is 0.339 e. The minimum atomic E-state index is -0.349. The van der Waals surface area contributed by atoms with E-state index in [1.54, 1.807) is 19.2 Å². The molecule has 2 aliphatic rings. The van der Waals surface area contributed by atoms with Gasteiger partial charge in [0.1, 0.15) is 5.82 Å². The fourth-order valence-corrected chi connectivity index (χ4v) is 3.68. The zero-order valence-electron chi connectivity index (χ0n) is 16.0. The largest absolute Gasteiger partial charge is 0.462 e. The van der Waals surface area contributed by atoms with E-state index in [-0.39, 0.29) is 24.3 Å². The number of aromatic nitrogens is 1. The zero-order chi connectivity index (χ0) is 18.5. The molecule has 8 heteroatoms. The van der Waals surface area contributed by atoms with Crippen LogP contribution >= 0.6 is 12.4 Å². The second kappa shape index (κ2) is 9.90. The lowest BCUT2D eigenvalue weighted by Gasteiger charge is -2.38. The molecule has 1 aromatic heterocycles. The van der Waals surface area contributed by atoms with E-state index in [4.69, 9.17) is 4.74 Å². The standard InChI is InChI=1S/C19H28N4O3.ClH/c1-3-26-19(25)16-4-5-17(21-13-16)22-8-10-23(11-9-22)18(24)15-6-7-20-14(2)12-15;/h4-5,13-15,20H,3,6-12H2,1-2H3;1H/t14-,15-;/m0./s1. The SMILES string of the molecule is CCOC(=O)c1ccc(N2CCN(C(=O)[C@H]3CCN[C@@H](C)C3)CC2)nc1.Cl. The number of hydrogen-bond acceptors (Lipinski definition) is 6.